The minimum Gasteiger partial charge on any atom is -0.488 e. The van der Waals surface area contributed by atoms with E-state index in [9.17, 15) is 19.5 Å². The average molecular weight is 528 g/mol. The van der Waals surface area contributed by atoms with E-state index >= 15 is 0 Å². The highest BCUT2D eigenvalue weighted by atomic mass is 32.1. The topological polar surface area (TPSA) is 167 Å². The molecular weight excluding hydrogens is 506 g/mol. The number of benzene rings is 2. The fourth-order valence-corrected chi connectivity index (χ4v) is 5.09. The number of ether oxygens (including phenoxy) is 1. The van der Waals surface area contributed by atoms with Gasteiger partial charge in [-0.3, -0.25) is 15.0 Å². The maximum absolute atomic E-state index is 13.6. The molecule has 2 amide bonds. The van der Waals surface area contributed by atoms with Crippen molar-refractivity contribution in [3.63, 3.8) is 0 Å². The molecule has 0 atom stereocenters. The first-order chi connectivity index (χ1) is 18.3. The van der Waals surface area contributed by atoms with Crippen LogP contribution in [0.1, 0.15) is 42.5 Å². The highest BCUT2D eigenvalue weighted by Crippen LogP contribution is 2.44. The molecule has 2 aromatic heterocycles. The fourth-order valence-electron chi connectivity index (χ4n) is 4.15. The van der Waals surface area contributed by atoms with E-state index in [-0.39, 0.29) is 33.9 Å². The van der Waals surface area contributed by atoms with Gasteiger partial charge in [-0.1, -0.05) is 0 Å². The second kappa shape index (κ2) is 9.79. The summed E-state index contributed by atoms with van der Waals surface area (Å²) < 4.78 is 5.95. The lowest BCUT2D eigenvalue weighted by molar-refractivity contribution is 0.0691. The lowest BCUT2D eigenvalue weighted by Gasteiger charge is -2.21. The number of hydrogen-bond acceptors (Lipinski definition) is 7. The first kappa shape index (κ1) is 24.7. The number of nitrogens with one attached hydrogen (secondary N) is 3. The minimum atomic E-state index is -1.35. The molecule has 2 aromatic carbocycles. The Hall–Kier alpha value is -5.03. The van der Waals surface area contributed by atoms with E-state index in [0.717, 1.165) is 10.4 Å². The fraction of sp³-hybridized carbons (Fsp3) is 0.0741. The predicted octanol–water partition coefficient (Wildman–Crippen LogP) is 3.96. The third-order valence-electron chi connectivity index (χ3n) is 6.04. The minimum absolute atomic E-state index is 0.0670. The van der Waals surface area contributed by atoms with E-state index in [1.54, 1.807) is 36.4 Å². The monoisotopic (exact) mass is 527 g/mol. The first-order valence-corrected chi connectivity index (χ1v) is 12.2. The highest BCUT2D eigenvalue weighted by Gasteiger charge is 2.27. The van der Waals surface area contributed by atoms with Gasteiger partial charge in [-0.15, -0.1) is 11.3 Å². The number of nitrogens with zero attached hydrogens (tertiary/aromatic N) is 1. The van der Waals surface area contributed by atoms with E-state index < -0.39 is 17.8 Å². The number of nitrogen functional groups attached to an aromatic ring is 1. The third kappa shape index (κ3) is 4.46. The van der Waals surface area contributed by atoms with Gasteiger partial charge in [-0.05, 0) is 60.0 Å². The number of aromatic nitrogens is 1. The van der Waals surface area contributed by atoms with Crippen molar-refractivity contribution < 1.29 is 24.2 Å². The van der Waals surface area contributed by atoms with Crippen molar-refractivity contribution in [2.75, 3.05) is 12.4 Å². The number of amidine groups is 1. The van der Waals surface area contributed by atoms with Crippen LogP contribution in [-0.4, -0.2) is 40.8 Å². The zero-order valence-electron chi connectivity index (χ0n) is 20.0. The number of pyridine rings is 1. The molecule has 3 heterocycles. The van der Waals surface area contributed by atoms with Crippen LogP contribution in [0.3, 0.4) is 0 Å². The maximum Gasteiger partial charge on any atom is 0.355 e. The molecule has 190 valence electrons. The van der Waals surface area contributed by atoms with Gasteiger partial charge in [0.15, 0.2) is 5.69 Å². The maximum atomic E-state index is 13.6. The Morgan fingerprint density at radius 1 is 1.03 bits per heavy atom. The number of carbonyl (C=O) groups is 3. The van der Waals surface area contributed by atoms with Crippen LogP contribution in [0.25, 0.3) is 21.6 Å². The molecule has 11 heteroatoms. The molecule has 1 aliphatic heterocycles. The summed E-state index contributed by atoms with van der Waals surface area (Å²) in [6.45, 7) is 0.346. The Kier molecular flexibility index (Phi) is 6.35. The van der Waals surface area contributed by atoms with Crippen molar-refractivity contribution in [2.45, 2.75) is 6.61 Å². The standard InChI is InChI=1S/C27H21N5O5S/c1-30-26(34)20-7-6-16(22(32-20)27(35)36)17-11-21-19(23-14(12-37-21)8-9-38-23)10-18(17)25(33)31-15-4-2-13(3-5-15)24(28)29/h2-11H,12H2,1H3,(H3,28,29)(H,30,34)(H,31,33)(H,35,36). The first-order valence-electron chi connectivity index (χ1n) is 11.4. The summed E-state index contributed by atoms with van der Waals surface area (Å²) in [7, 11) is 1.42. The summed E-state index contributed by atoms with van der Waals surface area (Å²) in [5.74, 6) is -1.97. The van der Waals surface area contributed by atoms with E-state index in [1.165, 1.54) is 30.5 Å². The lowest BCUT2D eigenvalue weighted by atomic mass is 9.92. The molecule has 0 unspecified atom stereocenters. The van der Waals surface area contributed by atoms with Gasteiger partial charge in [-0.2, -0.15) is 0 Å². The van der Waals surface area contributed by atoms with Gasteiger partial charge in [0.2, 0.25) is 0 Å². The van der Waals surface area contributed by atoms with Gasteiger partial charge in [-0.25, -0.2) is 9.78 Å². The van der Waals surface area contributed by atoms with E-state index in [1.807, 2.05) is 11.4 Å². The number of aromatic carboxylic acids is 1. The molecule has 1 aliphatic rings. The van der Waals surface area contributed by atoms with E-state index in [4.69, 9.17) is 15.9 Å². The van der Waals surface area contributed by atoms with Gasteiger partial charge < -0.3 is 26.2 Å². The van der Waals surface area contributed by atoms with Gasteiger partial charge >= 0.3 is 5.97 Å². The number of nitrogens with two attached hydrogens (primary N) is 1. The molecular formula is C27H21N5O5S. The van der Waals surface area contributed by atoms with Crippen LogP contribution in [-0.2, 0) is 6.61 Å². The summed E-state index contributed by atoms with van der Waals surface area (Å²) in [5.41, 5.74) is 8.39. The molecule has 5 rings (SSSR count). The largest absolute Gasteiger partial charge is 0.488 e. The quantitative estimate of drug-likeness (QED) is 0.187. The van der Waals surface area contributed by atoms with Crippen LogP contribution >= 0.6 is 11.3 Å². The predicted molar refractivity (Wildman–Crippen MR) is 143 cm³/mol. The van der Waals surface area contributed by atoms with Gasteiger partial charge in [0.25, 0.3) is 11.8 Å². The molecule has 0 bridgehead atoms. The number of anilines is 1. The van der Waals surface area contributed by atoms with Crippen molar-refractivity contribution in [1.29, 1.82) is 5.41 Å². The SMILES string of the molecule is CNC(=O)c1ccc(-c2cc3c(cc2C(=O)Nc2ccc(C(=N)N)cc2)-c2sccc2CO3)c(C(=O)O)n1. The van der Waals surface area contributed by atoms with Crippen LogP contribution in [0.5, 0.6) is 5.75 Å². The smallest absolute Gasteiger partial charge is 0.355 e. The van der Waals surface area contributed by atoms with E-state index in [0.29, 0.717) is 29.2 Å². The van der Waals surface area contributed by atoms with Gasteiger partial charge in [0.1, 0.15) is 23.9 Å². The van der Waals surface area contributed by atoms with Crippen molar-refractivity contribution in [3.05, 3.63) is 88.1 Å². The zero-order chi connectivity index (χ0) is 27.0. The molecule has 0 radical (unpaired) electrons. The summed E-state index contributed by atoms with van der Waals surface area (Å²) in [6.07, 6.45) is 0. The Labute approximate surface area is 220 Å². The van der Waals surface area contributed by atoms with Crippen molar-refractivity contribution in [3.8, 4) is 27.3 Å². The molecule has 0 aliphatic carbocycles. The Morgan fingerprint density at radius 3 is 2.47 bits per heavy atom. The van der Waals surface area contributed by atoms with Crippen molar-refractivity contribution in [2.24, 2.45) is 5.73 Å². The van der Waals surface area contributed by atoms with Crippen LogP contribution < -0.4 is 21.1 Å². The number of carbonyl (C=O) groups excluding carboxylic acids is 2. The molecule has 4 aromatic rings. The Balaban J connectivity index is 1.66. The molecule has 0 saturated carbocycles. The Morgan fingerprint density at radius 2 is 1.79 bits per heavy atom. The van der Waals surface area contributed by atoms with Gasteiger partial charge in [0, 0.05) is 51.0 Å². The molecule has 0 spiro atoms. The van der Waals surface area contributed by atoms with Gasteiger partial charge in [0.05, 0.1) is 0 Å². The molecule has 38 heavy (non-hydrogen) atoms. The van der Waals surface area contributed by atoms with Crippen LogP contribution in [0.15, 0.2) is 60.0 Å². The second-order valence-electron chi connectivity index (χ2n) is 8.38. The Bertz CT molecular complexity index is 1630. The van der Waals surface area contributed by atoms with Crippen molar-refractivity contribution >= 4 is 40.6 Å². The summed E-state index contributed by atoms with van der Waals surface area (Å²) in [4.78, 5) is 42.9. The molecule has 0 fully saturated rings. The molecule has 6 N–H and O–H groups in total. The third-order valence-corrected chi connectivity index (χ3v) is 7.03. The van der Waals surface area contributed by atoms with E-state index in [2.05, 4.69) is 15.6 Å². The number of hydrogen-bond donors (Lipinski definition) is 5. The molecule has 0 saturated heterocycles. The zero-order valence-corrected chi connectivity index (χ0v) is 20.8. The lowest BCUT2D eigenvalue weighted by Crippen LogP contribution is -2.21. The second-order valence-corrected chi connectivity index (χ2v) is 9.30. The number of amides is 2. The number of rotatable bonds is 6. The normalized spacial score (nSPS) is 11.5. The number of thiophene rings is 1. The average Bonchev–Trinajstić information content (AvgIpc) is 3.41. The highest BCUT2D eigenvalue weighted by molar-refractivity contribution is 7.13. The summed E-state index contributed by atoms with van der Waals surface area (Å²) >= 11 is 1.52. The van der Waals surface area contributed by atoms with Crippen LogP contribution in [0, 0.1) is 5.41 Å². The van der Waals surface area contributed by atoms with Crippen molar-refractivity contribution in [1.82, 2.24) is 10.3 Å². The number of carboxylic acid groups (broad SMARTS) is 1. The summed E-state index contributed by atoms with van der Waals surface area (Å²) in [5, 5.41) is 24.7. The van der Waals surface area contributed by atoms with Crippen LogP contribution in [0.4, 0.5) is 5.69 Å². The van der Waals surface area contributed by atoms with Crippen LogP contribution in [0.2, 0.25) is 0 Å². The number of carboxylic acids is 1. The molecule has 10 nitrogen and oxygen atoms in total. The number of fused-ring (bicyclic) bond motifs is 3. The summed E-state index contributed by atoms with van der Waals surface area (Å²) in [6, 6.07) is 14.6.